The number of hydrogen-bond acceptors (Lipinski definition) is 10. The Hall–Kier alpha value is -4.75. The third kappa shape index (κ3) is 4.26. The lowest BCUT2D eigenvalue weighted by atomic mass is 9.57. The summed E-state index contributed by atoms with van der Waals surface area (Å²) in [5.41, 5.74) is 1.54. The van der Waals surface area contributed by atoms with Crippen LogP contribution in [0.15, 0.2) is 47.2 Å². The number of phenols is 1. The Labute approximate surface area is 245 Å². The highest BCUT2D eigenvalue weighted by atomic mass is 19.1. The summed E-state index contributed by atoms with van der Waals surface area (Å²) in [5.74, 6) is -9.47. The molecule has 0 saturated heterocycles. The first-order valence-electron chi connectivity index (χ1n) is 13.4. The summed E-state index contributed by atoms with van der Waals surface area (Å²) in [4.78, 5) is 55.4. The number of hydrogen-bond donors (Lipinski definition) is 6. The van der Waals surface area contributed by atoms with Gasteiger partial charge in [0.25, 0.3) is 11.8 Å². The van der Waals surface area contributed by atoms with E-state index in [1.54, 1.807) is 19.0 Å². The van der Waals surface area contributed by atoms with Gasteiger partial charge in [0, 0.05) is 31.3 Å². The molecule has 3 aliphatic carbocycles. The number of Topliss-reactive ketones (excluding diaryl/α,β-unsaturated/α-hetero) is 2. The highest BCUT2D eigenvalue weighted by Gasteiger charge is 2.64. The highest BCUT2D eigenvalue weighted by Crippen LogP contribution is 2.54. The average molecular weight is 595 g/mol. The van der Waals surface area contributed by atoms with Gasteiger partial charge in [-0.25, -0.2) is 4.39 Å². The summed E-state index contributed by atoms with van der Waals surface area (Å²) in [6.07, 6.45) is 0.00230. The van der Waals surface area contributed by atoms with Crippen LogP contribution in [-0.2, 0) is 20.8 Å². The van der Waals surface area contributed by atoms with Crippen LogP contribution in [0.5, 0.6) is 5.75 Å². The molecule has 0 radical (unpaired) electrons. The third-order valence-electron chi connectivity index (χ3n) is 8.55. The number of nitrogens with zero attached hydrogens (tertiary/aromatic N) is 2. The summed E-state index contributed by atoms with van der Waals surface area (Å²) in [7, 11) is 6.41. The Balaban J connectivity index is 1.70. The number of rotatable bonds is 5. The molecule has 2 aromatic carbocycles. The SMILES string of the molecule is CN(C)c1cc(NC(=O)c2ccccc2F)c(O)c2c1CC1CC3[C@H](N(C)C)C(=O)C(C(N)=O)=C(O)[C@@]3(O)C(=O)C1=C2O. The van der Waals surface area contributed by atoms with E-state index in [1.165, 1.54) is 43.3 Å². The van der Waals surface area contributed by atoms with Crippen molar-refractivity contribution in [3.8, 4) is 5.75 Å². The molecular weight excluding hydrogens is 563 g/mol. The molecule has 7 N–H and O–H groups in total. The number of carbonyl (C=O) groups is 4. The van der Waals surface area contributed by atoms with E-state index in [-0.39, 0.29) is 35.2 Å². The number of aliphatic hydroxyl groups is 3. The predicted octanol–water partition coefficient (Wildman–Crippen LogP) is 1.42. The molecule has 1 fully saturated rings. The highest BCUT2D eigenvalue weighted by molar-refractivity contribution is 6.24. The lowest BCUT2D eigenvalue weighted by molar-refractivity contribution is -0.153. The Morgan fingerprint density at radius 1 is 1.09 bits per heavy atom. The fourth-order valence-electron chi connectivity index (χ4n) is 6.62. The molecule has 2 aromatic rings. The van der Waals surface area contributed by atoms with E-state index < -0.39 is 75.5 Å². The minimum atomic E-state index is -2.78. The first kappa shape index (κ1) is 29.7. The van der Waals surface area contributed by atoms with Crippen molar-refractivity contribution >= 4 is 40.5 Å². The van der Waals surface area contributed by atoms with Gasteiger partial charge in [-0.2, -0.15) is 0 Å². The predicted molar refractivity (Wildman–Crippen MR) is 153 cm³/mol. The van der Waals surface area contributed by atoms with Crippen molar-refractivity contribution in [1.29, 1.82) is 0 Å². The van der Waals surface area contributed by atoms with Crippen LogP contribution >= 0.6 is 0 Å². The van der Waals surface area contributed by atoms with Gasteiger partial charge >= 0.3 is 0 Å². The second kappa shape index (κ2) is 10.2. The Morgan fingerprint density at radius 3 is 2.33 bits per heavy atom. The maximum Gasteiger partial charge on any atom is 0.258 e. The zero-order chi connectivity index (χ0) is 31.7. The number of ketones is 2. The zero-order valence-electron chi connectivity index (χ0n) is 23.8. The number of carbonyl (C=O) groups excluding carboxylic acids is 4. The summed E-state index contributed by atoms with van der Waals surface area (Å²) in [5, 5.41) is 48.1. The van der Waals surface area contributed by atoms with Crippen LogP contribution in [0.1, 0.15) is 27.9 Å². The number of halogens is 1. The van der Waals surface area contributed by atoms with Gasteiger partial charge in [0.15, 0.2) is 11.4 Å². The molecule has 13 heteroatoms. The molecule has 226 valence electrons. The molecule has 12 nitrogen and oxygen atoms in total. The van der Waals surface area contributed by atoms with Crippen molar-refractivity contribution in [1.82, 2.24) is 4.90 Å². The topological polar surface area (TPSA) is 194 Å². The molecule has 1 saturated carbocycles. The lowest BCUT2D eigenvalue weighted by Crippen LogP contribution is -2.65. The number of amides is 2. The van der Waals surface area contributed by atoms with Gasteiger partial charge in [0.2, 0.25) is 5.78 Å². The van der Waals surface area contributed by atoms with Crippen LogP contribution < -0.4 is 16.0 Å². The van der Waals surface area contributed by atoms with E-state index in [0.29, 0.717) is 11.3 Å². The number of benzene rings is 2. The van der Waals surface area contributed by atoms with Crippen LogP contribution in [-0.4, -0.2) is 88.5 Å². The minimum absolute atomic E-state index is 0.0643. The lowest BCUT2D eigenvalue weighted by Gasteiger charge is -2.50. The van der Waals surface area contributed by atoms with E-state index in [0.717, 1.165) is 6.07 Å². The first-order chi connectivity index (χ1) is 20.1. The number of anilines is 2. The van der Waals surface area contributed by atoms with Gasteiger partial charge in [0.1, 0.15) is 28.7 Å². The number of nitrogens with one attached hydrogen (secondary N) is 1. The Bertz CT molecular complexity index is 1680. The van der Waals surface area contributed by atoms with Crippen molar-refractivity contribution in [2.75, 3.05) is 38.4 Å². The van der Waals surface area contributed by atoms with Gasteiger partial charge in [-0.3, -0.25) is 24.1 Å². The summed E-state index contributed by atoms with van der Waals surface area (Å²) in [6, 6.07) is 5.48. The largest absolute Gasteiger partial charge is 0.508 e. The summed E-state index contributed by atoms with van der Waals surface area (Å²) < 4.78 is 14.3. The molecule has 4 atom stereocenters. The van der Waals surface area contributed by atoms with Crippen LogP contribution in [0, 0.1) is 17.7 Å². The number of aliphatic hydroxyl groups excluding tert-OH is 2. The fraction of sp³-hybridized carbons (Fsp3) is 0.333. The van der Waals surface area contributed by atoms with Crippen LogP contribution in [0.25, 0.3) is 5.76 Å². The fourth-order valence-corrected chi connectivity index (χ4v) is 6.62. The summed E-state index contributed by atoms with van der Waals surface area (Å²) >= 11 is 0. The molecule has 2 amide bonds. The summed E-state index contributed by atoms with van der Waals surface area (Å²) in [6.45, 7) is 0. The molecule has 0 aromatic heterocycles. The van der Waals surface area contributed by atoms with Crippen molar-refractivity contribution in [2.24, 2.45) is 17.6 Å². The molecule has 3 aliphatic rings. The Kier molecular flexibility index (Phi) is 7.06. The molecule has 0 aliphatic heterocycles. The Morgan fingerprint density at radius 2 is 1.74 bits per heavy atom. The molecule has 2 unspecified atom stereocenters. The zero-order valence-corrected chi connectivity index (χ0v) is 23.8. The van der Waals surface area contributed by atoms with Gasteiger partial charge in [-0.15, -0.1) is 0 Å². The normalized spacial score (nSPS) is 24.9. The van der Waals surface area contributed by atoms with Gasteiger partial charge in [-0.05, 0) is 56.6 Å². The molecular formula is C30H31FN4O8. The molecule has 5 rings (SSSR count). The van der Waals surface area contributed by atoms with Crippen LogP contribution in [0.2, 0.25) is 0 Å². The molecule has 0 heterocycles. The number of phenolic OH excluding ortho intramolecular Hbond substituents is 1. The maximum atomic E-state index is 14.3. The van der Waals surface area contributed by atoms with E-state index in [4.69, 9.17) is 5.73 Å². The van der Waals surface area contributed by atoms with Crippen molar-refractivity contribution in [3.63, 3.8) is 0 Å². The monoisotopic (exact) mass is 594 g/mol. The average Bonchev–Trinajstić information content (AvgIpc) is 2.91. The van der Waals surface area contributed by atoms with E-state index in [9.17, 15) is 44.0 Å². The third-order valence-corrected chi connectivity index (χ3v) is 8.55. The standard InChI is InChI=1S/C30H31FN4O8/c1-34(2)18-11-17(33-29(42)13-7-5-6-8-16(13)31)23(36)20-14(18)9-12-10-15-22(35(3)4)25(38)21(28(32)41)27(40)30(15,43)26(39)19(12)24(20)37/h5-8,11-12,15,22,36-37,40,43H,9-10H2,1-4H3,(H2,32,41)(H,33,42)/t12?,15?,22-,30-/m0/s1. The quantitative estimate of drug-likeness (QED) is 0.218. The van der Waals surface area contributed by atoms with E-state index in [2.05, 4.69) is 5.32 Å². The second-order valence-electron chi connectivity index (χ2n) is 11.4. The second-order valence-corrected chi connectivity index (χ2v) is 11.4. The van der Waals surface area contributed by atoms with Crippen LogP contribution in [0.4, 0.5) is 15.8 Å². The van der Waals surface area contributed by atoms with Crippen molar-refractivity contribution in [2.45, 2.75) is 24.5 Å². The number of primary amides is 1. The minimum Gasteiger partial charge on any atom is -0.508 e. The van der Waals surface area contributed by atoms with Gasteiger partial charge in [0.05, 0.1) is 22.9 Å². The van der Waals surface area contributed by atoms with Gasteiger partial charge in [-0.1, -0.05) is 12.1 Å². The number of likely N-dealkylation sites (N-methyl/N-ethyl adjacent to an activating group) is 1. The number of fused-ring (bicyclic) bond motifs is 3. The molecule has 43 heavy (non-hydrogen) atoms. The maximum absolute atomic E-state index is 14.3. The molecule has 0 bridgehead atoms. The smallest absolute Gasteiger partial charge is 0.258 e. The van der Waals surface area contributed by atoms with Crippen LogP contribution in [0.3, 0.4) is 0 Å². The number of aromatic hydroxyl groups is 1. The first-order valence-corrected chi connectivity index (χ1v) is 13.4. The van der Waals surface area contributed by atoms with E-state index >= 15 is 0 Å². The van der Waals surface area contributed by atoms with Crippen molar-refractivity contribution in [3.05, 3.63) is 69.7 Å². The number of nitrogens with two attached hydrogens (primary N) is 1. The molecule has 0 spiro atoms. The van der Waals surface area contributed by atoms with Crippen molar-refractivity contribution < 1.29 is 44.0 Å². The van der Waals surface area contributed by atoms with Gasteiger partial charge < -0.3 is 36.4 Å². The van der Waals surface area contributed by atoms with E-state index in [1.807, 2.05) is 0 Å².